The van der Waals surface area contributed by atoms with Crippen LogP contribution < -0.4 is 0 Å². The smallest absolute Gasteiger partial charge is 0.280 e. The van der Waals surface area contributed by atoms with E-state index in [9.17, 15) is 13.2 Å². The quantitative estimate of drug-likeness (QED) is 0.658. The molecule has 1 rings (SSSR count). The van der Waals surface area contributed by atoms with E-state index in [4.69, 9.17) is 6.57 Å². The van der Waals surface area contributed by atoms with Crippen LogP contribution in [-0.4, -0.2) is 6.54 Å². The van der Waals surface area contributed by atoms with E-state index in [1.165, 1.54) is 6.07 Å². The van der Waals surface area contributed by atoms with Gasteiger partial charge in [-0.1, -0.05) is 12.1 Å². The SMILES string of the molecule is [C-]#[N+]CCC(F)(F)c1cccc(F)c1. The van der Waals surface area contributed by atoms with Crippen LogP contribution in [0.3, 0.4) is 0 Å². The van der Waals surface area contributed by atoms with Gasteiger partial charge in [-0.2, -0.15) is 0 Å². The number of hydrogen-bond donors (Lipinski definition) is 0. The van der Waals surface area contributed by atoms with Gasteiger partial charge in [0, 0.05) is 5.56 Å². The number of halogens is 3. The van der Waals surface area contributed by atoms with Crippen molar-refractivity contribution in [1.29, 1.82) is 0 Å². The van der Waals surface area contributed by atoms with Crippen molar-refractivity contribution in [2.24, 2.45) is 0 Å². The Morgan fingerprint density at radius 3 is 2.64 bits per heavy atom. The van der Waals surface area contributed by atoms with Crippen LogP contribution >= 0.6 is 0 Å². The summed E-state index contributed by atoms with van der Waals surface area (Å²) in [6.45, 7) is 6.14. The van der Waals surface area contributed by atoms with Crippen molar-refractivity contribution in [3.63, 3.8) is 0 Å². The van der Waals surface area contributed by atoms with Crippen molar-refractivity contribution in [2.75, 3.05) is 6.54 Å². The summed E-state index contributed by atoms with van der Waals surface area (Å²) in [7, 11) is 0. The van der Waals surface area contributed by atoms with Crippen LogP contribution in [0.4, 0.5) is 13.2 Å². The molecule has 1 aromatic rings. The van der Waals surface area contributed by atoms with Gasteiger partial charge in [-0.3, -0.25) is 0 Å². The molecule has 0 bridgehead atoms. The van der Waals surface area contributed by atoms with Crippen LogP contribution in [0.25, 0.3) is 4.85 Å². The molecule has 0 atom stereocenters. The third-order valence-electron chi connectivity index (χ3n) is 1.78. The van der Waals surface area contributed by atoms with E-state index in [2.05, 4.69) is 4.85 Å². The van der Waals surface area contributed by atoms with E-state index >= 15 is 0 Å². The molecule has 0 aliphatic carbocycles. The van der Waals surface area contributed by atoms with E-state index in [1.54, 1.807) is 0 Å². The third kappa shape index (κ3) is 2.49. The average Bonchev–Trinajstić information content (AvgIpc) is 2.15. The maximum atomic E-state index is 13.2. The molecule has 0 saturated heterocycles. The monoisotopic (exact) mass is 199 g/mol. The minimum Gasteiger partial charge on any atom is -0.317 e. The topological polar surface area (TPSA) is 4.36 Å². The highest BCUT2D eigenvalue weighted by Crippen LogP contribution is 2.31. The Kier molecular flexibility index (Phi) is 3.13. The van der Waals surface area contributed by atoms with Gasteiger partial charge in [0.15, 0.2) is 0 Å². The fourth-order valence-corrected chi connectivity index (χ4v) is 1.06. The molecule has 0 N–H and O–H groups in total. The summed E-state index contributed by atoms with van der Waals surface area (Å²) in [5.74, 6) is -3.81. The number of alkyl halides is 2. The van der Waals surface area contributed by atoms with Gasteiger partial charge in [0.2, 0.25) is 6.54 Å². The second-order valence-corrected chi connectivity index (χ2v) is 2.85. The predicted octanol–water partition coefficient (Wildman–Crippen LogP) is 3.23. The molecule has 14 heavy (non-hydrogen) atoms. The zero-order valence-corrected chi connectivity index (χ0v) is 7.30. The lowest BCUT2D eigenvalue weighted by atomic mass is 10.1. The van der Waals surface area contributed by atoms with Crippen molar-refractivity contribution in [1.82, 2.24) is 0 Å². The first kappa shape index (κ1) is 10.6. The van der Waals surface area contributed by atoms with E-state index in [0.29, 0.717) is 0 Å². The molecule has 0 unspecified atom stereocenters. The zero-order valence-electron chi connectivity index (χ0n) is 7.30. The summed E-state index contributed by atoms with van der Waals surface area (Å²) in [6, 6.07) is 4.29. The van der Waals surface area contributed by atoms with Crippen molar-refractivity contribution < 1.29 is 13.2 Å². The summed E-state index contributed by atoms with van der Waals surface area (Å²) in [5, 5.41) is 0. The number of hydrogen-bond acceptors (Lipinski definition) is 0. The van der Waals surface area contributed by atoms with Gasteiger partial charge in [-0.05, 0) is 12.1 Å². The van der Waals surface area contributed by atoms with Crippen molar-refractivity contribution in [3.05, 3.63) is 47.1 Å². The van der Waals surface area contributed by atoms with Crippen LogP contribution in [0, 0.1) is 12.4 Å². The molecular weight excluding hydrogens is 191 g/mol. The maximum Gasteiger partial charge on any atom is 0.280 e. The molecule has 0 radical (unpaired) electrons. The minimum atomic E-state index is -3.12. The molecule has 1 aromatic carbocycles. The Labute approximate surface area is 80.0 Å². The fraction of sp³-hybridized carbons (Fsp3) is 0.300. The van der Waals surface area contributed by atoms with Crippen molar-refractivity contribution in [3.8, 4) is 0 Å². The summed E-state index contributed by atoms with van der Waals surface area (Å²) < 4.78 is 39.1. The highest BCUT2D eigenvalue weighted by Gasteiger charge is 2.32. The minimum absolute atomic E-state index is 0.260. The molecule has 0 heterocycles. The third-order valence-corrected chi connectivity index (χ3v) is 1.78. The fourth-order valence-electron chi connectivity index (χ4n) is 1.06. The lowest BCUT2D eigenvalue weighted by molar-refractivity contribution is -0.00920. The van der Waals surface area contributed by atoms with Gasteiger partial charge in [0.1, 0.15) is 5.82 Å². The van der Waals surface area contributed by atoms with Gasteiger partial charge in [-0.15, -0.1) is 0 Å². The molecule has 0 spiro atoms. The van der Waals surface area contributed by atoms with Crippen LogP contribution in [-0.2, 0) is 5.92 Å². The van der Waals surface area contributed by atoms with Gasteiger partial charge < -0.3 is 4.85 Å². The maximum absolute atomic E-state index is 13.2. The Hall–Kier alpha value is -1.50. The van der Waals surface area contributed by atoms with Crippen LogP contribution in [0.15, 0.2) is 24.3 Å². The summed E-state index contributed by atoms with van der Waals surface area (Å²) in [5.41, 5.74) is -0.374. The van der Waals surface area contributed by atoms with Gasteiger partial charge in [-0.25, -0.2) is 19.7 Å². The van der Waals surface area contributed by atoms with Crippen molar-refractivity contribution in [2.45, 2.75) is 12.3 Å². The normalized spacial score (nSPS) is 11.0. The number of rotatable bonds is 3. The zero-order chi connectivity index (χ0) is 10.6. The standard InChI is InChI=1S/C10H8F3N/c1-14-6-5-10(12,13)8-3-2-4-9(11)7-8/h2-4,7H,5-6H2. The molecule has 0 aliphatic rings. The first-order valence-electron chi connectivity index (χ1n) is 4.03. The largest absolute Gasteiger partial charge is 0.317 e. The Morgan fingerprint density at radius 2 is 2.07 bits per heavy atom. The molecule has 4 heteroatoms. The van der Waals surface area contributed by atoms with Crippen LogP contribution in [0.2, 0.25) is 0 Å². The molecule has 0 amide bonds. The molecule has 1 nitrogen and oxygen atoms in total. The van der Waals surface area contributed by atoms with Crippen LogP contribution in [0.1, 0.15) is 12.0 Å². The number of benzene rings is 1. The highest BCUT2D eigenvalue weighted by molar-refractivity contribution is 5.21. The Bertz CT molecular complexity index is 355. The molecule has 0 aromatic heterocycles. The Balaban J connectivity index is 2.87. The Morgan fingerprint density at radius 1 is 1.36 bits per heavy atom. The molecule has 0 saturated carbocycles. The highest BCUT2D eigenvalue weighted by atomic mass is 19.3. The first-order valence-corrected chi connectivity index (χ1v) is 4.03. The van der Waals surface area contributed by atoms with E-state index in [1.807, 2.05) is 0 Å². The van der Waals surface area contributed by atoms with Crippen LogP contribution in [0.5, 0.6) is 0 Å². The average molecular weight is 199 g/mol. The summed E-state index contributed by atoms with van der Waals surface area (Å²) in [6.07, 6.45) is -0.569. The molecule has 0 aliphatic heterocycles. The first-order chi connectivity index (χ1) is 6.56. The second kappa shape index (κ2) is 4.14. The molecular formula is C10H8F3N. The lowest BCUT2D eigenvalue weighted by Gasteiger charge is -2.13. The van der Waals surface area contributed by atoms with Crippen molar-refractivity contribution >= 4 is 0 Å². The summed E-state index contributed by atoms with van der Waals surface area (Å²) in [4.78, 5) is 2.85. The molecule has 74 valence electrons. The van der Waals surface area contributed by atoms with E-state index in [-0.39, 0.29) is 12.1 Å². The van der Waals surface area contributed by atoms with E-state index in [0.717, 1.165) is 18.2 Å². The summed E-state index contributed by atoms with van der Waals surface area (Å²) >= 11 is 0. The van der Waals surface area contributed by atoms with Gasteiger partial charge in [0.25, 0.3) is 5.92 Å². The van der Waals surface area contributed by atoms with Gasteiger partial charge >= 0.3 is 0 Å². The second-order valence-electron chi connectivity index (χ2n) is 2.85. The molecule has 0 fully saturated rings. The predicted molar refractivity (Wildman–Crippen MR) is 46.4 cm³/mol. The van der Waals surface area contributed by atoms with Gasteiger partial charge in [0.05, 0.1) is 6.42 Å². The number of nitrogens with zero attached hydrogens (tertiary/aromatic N) is 1. The van der Waals surface area contributed by atoms with E-state index < -0.39 is 18.2 Å². The lowest BCUT2D eigenvalue weighted by Crippen LogP contribution is -2.14.